The van der Waals surface area contributed by atoms with Crippen molar-refractivity contribution >= 4 is 32.1 Å². The van der Waals surface area contributed by atoms with Crippen LogP contribution in [0.1, 0.15) is 101 Å². The number of benzene rings is 2. The Hall–Kier alpha value is -3.89. The highest BCUT2D eigenvalue weighted by atomic mass is 28.4. The van der Waals surface area contributed by atoms with E-state index >= 15 is 0 Å². The second kappa shape index (κ2) is 15.6. The molecule has 0 spiro atoms. The number of hydrogen-bond donors (Lipinski definition) is 0. The lowest BCUT2D eigenvalue weighted by Gasteiger charge is -2.39. The molecule has 3 aromatic rings. The van der Waals surface area contributed by atoms with E-state index in [0.717, 1.165) is 5.56 Å². The smallest absolute Gasteiger partial charge is 0.308 e. The van der Waals surface area contributed by atoms with Crippen molar-refractivity contribution in [1.82, 2.24) is 14.7 Å². The van der Waals surface area contributed by atoms with Gasteiger partial charge in [-0.3, -0.25) is 14.4 Å². The summed E-state index contributed by atoms with van der Waals surface area (Å²) in [5, 5.41) is 4.61. The molecule has 0 fully saturated rings. The summed E-state index contributed by atoms with van der Waals surface area (Å²) in [7, 11) is -0.623. The van der Waals surface area contributed by atoms with E-state index in [1.54, 1.807) is 55.6 Å². The molecule has 0 saturated heterocycles. The summed E-state index contributed by atoms with van der Waals surface area (Å²) in [6.45, 7) is 20.2. The van der Waals surface area contributed by atoms with Crippen LogP contribution in [0.4, 0.5) is 4.39 Å². The second-order valence-electron chi connectivity index (χ2n) is 15.1. The van der Waals surface area contributed by atoms with Crippen molar-refractivity contribution in [2.24, 2.45) is 0 Å². The molecule has 1 aromatic heterocycles. The molecule has 0 aliphatic rings. The number of allylic oxidation sites excluding steroid dienone is 1. The van der Waals surface area contributed by atoms with E-state index < -0.39 is 31.8 Å². The van der Waals surface area contributed by atoms with Gasteiger partial charge in [0.15, 0.2) is 19.8 Å². The van der Waals surface area contributed by atoms with Crippen molar-refractivity contribution in [2.75, 3.05) is 7.05 Å². The van der Waals surface area contributed by atoms with E-state index in [-0.39, 0.29) is 41.2 Å². The minimum absolute atomic E-state index is 0.0322. The molecule has 2 aromatic carbocycles. The Balaban J connectivity index is 2.02. The number of hydrogen-bond acceptors (Lipinski definition) is 6. The van der Waals surface area contributed by atoms with Gasteiger partial charge in [0.2, 0.25) is 0 Å². The van der Waals surface area contributed by atoms with Gasteiger partial charge < -0.3 is 14.1 Å². The van der Waals surface area contributed by atoms with Gasteiger partial charge in [0.05, 0.1) is 23.9 Å². The molecule has 8 nitrogen and oxygen atoms in total. The van der Waals surface area contributed by atoms with Crippen molar-refractivity contribution in [1.29, 1.82) is 0 Å². The molecule has 48 heavy (non-hydrogen) atoms. The van der Waals surface area contributed by atoms with E-state index in [2.05, 4.69) is 33.9 Å². The number of carbonyl (C=O) groups is 3. The maximum Gasteiger partial charge on any atom is 0.308 e. The molecule has 0 bridgehead atoms. The first-order valence-corrected chi connectivity index (χ1v) is 19.4. The molecule has 260 valence electrons. The number of carbonyl (C=O) groups excluding carboxylic acids is 3. The summed E-state index contributed by atoms with van der Waals surface area (Å²) in [6.07, 6.45) is 2.34. The molecule has 1 amide bonds. The van der Waals surface area contributed by atoms with Crippen molar-refractivity contribution in [3.63, 3.8) is 0 Å². The molecule has 1 atom stereocenters. The van der Waals surface area contributed by atoms with E-state index in [0.29, 0.717) is 23.5 Å². The molecule has 1 heterocycles. The van der Waals surface area contributed by atoms with Crippen LogP contribution in [0.3, 0.4) is 0 Å². The first-order chi connectivity index (χ1) is 22.2. The number of halogens is 1. The molecule has 0 aliphatic carbocycles. The van der Waals surface area contributed by atoms with Gasteiger partial charge in [0, 0.05) is 25.6 Å². The number of esters is 1. The van der Waals surface area contributed by atoms with Crippen LogP contribution in [0.5, 0.6) is 0 Å². The topological polar surface area (TPSA) is 90.7 Å². The van der Waals surface area contributed by atoms with E-state index in [1.165, 1.54) is 18.2 Å². The fourth-order valence-electron chi connectivity index (χ4n) is 5.00. The molecule has 0 aliphatic heterocycles. The monoisotopic (exact) mass is 677 g/mol. The Bertz CT molecular complexity index is 1600. The van der Waals surface area contributed by atoms with Crippen molar-refractivity contribution in [3.05, 3.63) is 89.0 Å². The number of rotatable bonds is 13. The van der Waals surface area contributed by atoms with Gasteiger partial charge in [-0.25, -0.2) is 9.07 Å². The van der Waals surface area contributed by atoms with Gasteiger partial charge in [0.1, 0.15) is 11.4 Å². The summed E-state index contributed by atoms with van der Waals surface area (Å²) in [6, 6.07) is 15.5. The number of amides is 1. The van der Waals surface area contributed by atoms with Gasteiger partial charge in [-0.2, -0.15) is 5.10 Å². The van der Waals surface area contributed by atoms with Crippen molar-refractivity contribution < 1.29 is 27.9 Å². The zero-order valence-corrected chi connectivity index (χ0v) is 31.4. The van der Waals surface area contributed by atoms with E-state index in [4.69, 9.17) is 14.3 Å². The summed E-state index contributed by atoms with van der Waals surface area (Å²) in [4.78, 5) is 41.9. The molecule has 0 radical (unpaired) electrons. The van der Waals surface area contributed by atoms with Crippen LogP contribution < -0.4 is 0 Å². The number of ketones is 1. The predicted molar refractivity (Wildman–Crippen MR) is 191 cm³/mol. The Morgan fingerprint density at radius 2 is 1.56 bits per heavy atom. The van der Waals surface area contributed by atoms with Crippen LogP contribution >= 0.6 is 0 Å². The van der Waals surface area contributed by atoms with Gasteiger partial charge in [0.25, 0.3) is 5.91 Å². The quantitative estimate of drug-likeness (QED) is 0.102. The molecule has 10 heteroatoms. The third kappa shape index (κ3) is 10.6. The lowest BCUT2D eigenvalue weighted by molar-refractivity contribution is -0.156. The van der Waals surface area contributed by atoms with Gasteiger partial charge in [-0.15, -0.1) is 0 Å². The van der Waals surface area contributed by atoms with Crippen LogP contribution in [0, 0.1) is 5.82 Å². The first-order valence-electron chi connectivity index (χ1n) is 16.5. The summed E-state index contributed by atoms with van der Waals surface area (Å²) >= 11 is 0. The lowest BCUT2D eigenvalue weighted by atomic mass is 9.98. The van der Waals surface area contributed by atoms with Crippen molar-refractivity contribution in [2.45, 2.75) is 111 Å². The van der Waals surface area contributed by atoms with Crippen LogP contribution in [0.25, 0.3) is 11.8 Å². The fourth-order valence-corrected chi connectivity index (χ4v) is 6.36. The Kier molecular flexibility index (Phi) is 12.5. The highest BCUT2D eigenvalue weighted by Gasteiger charge is 2.40. The minimum atomic E-state index is -2.35. The van der Waals surface area contributed by atoms with Gasteiger partial charge in [-0.05, 0) is 86.8 Å². The average molecular weight is 678 g/mol. The standard InChI is InChI=1S/C38H52FN3O5Si/c1-26(2)34-32(22-21-30(43)23-31(24-33(44)46-37(3,4)5)47-48(10,11)38(6,7)8)42(29-19-17-28(39)18-20-29)40-35(34)36(45)41(9)25-27-15-13-12-14-16-27/h12-22,26,31H,23-25H2,1-11H3/b22-21+/t31-/m1/s1. The number of aromatic nitrogens is 2. The second-order valence-corrected chi connectivity index (χ2v) is 19.9. The van der Waals surface area contributed by atoms with Crippen LogP contribution in [-0.4, -0.2) is 59.4 Å². The maximum absolute atomic E-state index is 13.9. The van der Waals surface area contributed by atoms with Crippen LogP contribution in [0.15, 0.2) is 60.7 Å². The maximum atomic E-state index is 13.9. The number of ether oxygens (including phenoxy) is 1. The molecular weight excluding hydrogens is 626 g/mol. The fraction of sp³-hybridized carbons (Fsp3) is 0.474. The third-order valence-corrected chi connectivity index (χ3v) is 12.9. The molecule has 0 saturated carbocycles. The SMILES string of the molecule is CC(C)c1c(C(=O)N(C)Cc2ccccc2)nn(-c2ccc(F)cc2)c1/C=C/C(=O)C[C@H](CC(=O)OC(C)(C)C)O[Si](C)(C)C(C)(C)C. The summed E-state index contributed by atoms with van der Waals surface area (Å²) in [5.74, 6) is -1.50. The highest BCUT2D eigenvalue weighted by Crippen LogP contribution is 2.38. The highest BCUT2D eigenvalue weighted by molar-refractivity contribution is 6.74. The molecular formula is C38H52FN3O5Si. The number of nitrogens with zero attached hydrogens (tertiary/aromatic N) is 3. The van der Waals surface area contributed by atoms with E-state index in [1.807, 2.05) is 44.2 Å². The largest absolute Gasteiger partial charge is 0.460 e. The molecule has 0 unspecified atom stereocenters. The molecule has 3 rings (SSSR count). The lowest BCUT2D eigenvalue weighted by Crippen LogP contribution is -2.45. The Morgan fingerprint density at radius 1 is 0.958 bits per heavy atom. The zero-order chi connectivity index (χ0) is 36.0. The zero-order valence-electron chi connectivity index (χ0n) is 30.4. The van der Waals surface area contributed by atoms with E-state index in [9.17, 15) is 18.8 Å². The minimum Gasteiger partial charge on any atom is -0.460 e. The first kappa shape index (κ1) is 38.6. The third-order valence-electron chi connectivity index (χ3n) is 8.36. The van der Waals surface area contributed by atoms with Crippen LogP contribution in [-0.2, 0) is 25.3 Å². The Morgan fingerprint density at radius 3 is 2.10 bits per heavy atom. The van der Waals surface area contributed by atoms with Crippen molar-refractivity contribution in [3.8, 4) is 5.69 Å². The summed E-state index contributed by atoms with van der Waals surface area (Å²) in [5.41, 5.74) is 2.30. The van der Waals surface area contributed by atoms with Crippen LogP contribution in [0.2, 0.25) is 18.1 Å². The predicted octanol–water partition coefficient (Wildman–Crippen LogP) is 8.50. The van der Waals surface area contributed by atoms with Gasteiger partial charge in [-0.1, -0.05) is 65.0 Å². The Labute approximate surface area is 286 Å². The summed E-state index contributed by atoms with van der Waals surface area (Å²) < 4.78 is 27.6. The van der Waals surface area contributed by atoms with Gasteiger partial charge >= 0.3 is 5.97 Å². The molecule has 0 N–H and O–H groups in total. The average Bonchev–Trinajstić information content (AvgIpc) is 3.34. The normalized spacial score (nSPS) is 13.2.